The second-order valence-corrected chi connectivity index (χ2v) is 6.71. The third-order valence-corrected chi connectivity index (χ3v) is 5.26. The Morgan fingerprint density at radius 3 is 2.65 bits per heavy atom. The number of hydrogen-bond donors (Lipinski definition) is 1. The molecule has 1 atom stereocenters. The zero-order valence-corrected chi connectivity index (χ0v) is 12.3. The Balaban J connectivity index is 1.68. The predicted octanol–water partition coefficient (Wildman–Crippen LogP) is 4.23. The summed E-state index contributed by atoms with van der Waals surface area (Å²) in [5.74, 6) is 0.491. The van der Waals surface area contributed by atoms with E-state index in [4.69, 9.17) is 5.73 Å². The SMILES string of the molecule is NC(CSc1nc2ccccc2s1)c1ccc(F)cc1. The van der Waals surface area contributed by atoms with Crippen LogP contribution >= 0.6 is 23.1 Å². The van der Waals surface area contributed by atoms with Crippen LogP contribution < -0.4 is 5.73 Å². The van der Waals surface area contributed by atoms with Crippen molar-refractivity contribution >= 4 is 33.3 Å². The molecule has 5 heteroatoms. The predicted molar refractivity (Wildman–Crippen MR) is 83.7 cm³/mol. The van der Waals surface area contributed by atoms with Crippen LogP contribution in [0.3, 0.4) is 0 Å². The Kier molecular flexibility index (Phi) is 4.00. The molecule has 0 aliphatic rings. The number of hydrogen-bond acceptors (Lipinski definition) is 4. The number of halogens is 1. The fourth-order valence-corrected chi connectivity index (χ4v) is 3.96. The van der Waals surface area contributed by atoms with Crippen LogP contribution in [0.2, 0.25) is 0 Å². The van der Waals surface area contributed by atoms with Gasteiger partial charge in [-0.25, -0.2) is 9.37 Å². The highest BCUT2D eigenvalue weighted by Crippen LogP contribution is 2.31. The van der Waals surface area contributed by atoms with Crippen LogP contribution in [0, 0.1) is 5.82 Å². The van der Waals surface area contributed by atoms with E-state index in [-0.39, 0.29) is 11.9 Å². The Labute approximate surface area is 124 Å². The standard InChI is InChI=1S/C15H13FN2S2/c16-11-7-5-10(6-8-11)12(17)9-19-15-18-13-3-1-2-4-14(13)20-15/h1-8,12H,9,17H2. The maximum atomic E-state index is 12.9. The first-order chi connectivity index (χ1) is 9.72. The lowest BCUT2D eigenvalue weighted by atomic mass is 10.1. The monoisotopic (exact) mass is 304 g/mol. The quantitative estimate of drug-likeness (QED) is 0.733. The van der Waals surface area contributed by atoms with E-state index in [9.17, 15) is 4.39 Å². The van der Waals surface area contributed by atoms with Crippen molar-refractivity contribution in [2.45, 2.75) is 10.4 Å². The average molecular weight is 304 g/mol. The molecule has 1 aromatic heterocycles. The molecule has 3 aromatic rings. The largest absolute Gasteiger partial charge is 0.323 e. The minimum atomic E-state index is -0.236. The third kappa shape index (κ3) is 3.00. The van der Waals surface area contributed by atoms with Crippen LogP contribution in [0.1, 0.15) is 11.6 Å². The van der Waals surface area contributed by atoms with Crippen molar-refractivity contribution in [1.82, 2.24) is 4.98 Å². The van der Waals surface area contributed by atoms with Gasteiger partial charge in [-0.3, -0.25) is 0 Å². The first kappa shape index (κ1) is 13.5. The molecule has 2 aromatic carbocycles. The molecule has 3 rings (SSSR count). The second-order valence-electron chi connectivity index (χ2n) is 4.42. The summed E-state index contributed by atoms with van der Waals surface area (Å²) in [7, 11) is 0. The molecule has 0 saturated heterocycles. The number of nitrogens with two attached hydrogens (primary N) is 1. The van der Waals surface area contributed by atoms with Crippen molar-refractivity contribution in [1.29, 1.82) is 0 Å². The summed E-state index contributed by atoms with van der Waals surface area (Å²) in [4.78, 5) is 4.56. The summed E-state index contributed by atoms with van der Waals surface area (Å²) in [5, 5.41) is 0. The van der Waals surface area contributed by atoms with Gasteiger partial charge in [0.05, 0.1) is 10.2 Å². The average Bonchev–Trinajstić information content (AvgIpc) is 2.88. The molecule has 1 unspecified atom stereocenters. The topological polar surface area (TPSA) is 38.9 Å². The Morgan fingerprint density at radius 2 is 1.90 bits per heavy atom. The van der Waals surface area contributed by atoms with Gasteiger partial charge in [-0.15, -0.1) is 11.3 Å². The molecule has 20 heavy (non-hydrogen) atoms. The van der Waals surface area contributed by atoms with Crippen LogP contribution in [0.15, 0.2) is 52.9 Å². The summed E-state index contributed by atoms with van der Waals surface area (Å²) >= 11 is 3.32. The van der Waals surface area contributed by atoms with Gasteiger partial charge in [0.25, 0.3) is 0 Å². The number of aromatic nitrogens is 1. The lowest BCUT2D eigenvalue weighted by Crippen LogP contribution is -2.12. The van der Waals surface area contributed by atoms with Crippen molar-refractivity contribution in [2.75, 3.05) is 5.75 Å². The highest BCUT2D eigenvalue weighted by atomic mass is 32.2. The molecule has 0 fully saturated rings. The van der Waals surface area contributed by atoms with Crippen LogP contribution in [-0.2, 0) is 0 Å². The maximum absolute atomic E-state index is 12.9. The van der Waals surface area contributed by atoms with Gasteiger partial charge in [-0.2, -0.15) is 0 Å². The van der Waals surface area contributed by atoms with Gasteiger partial charge in [0.1, 0.15) is 5.82 Å². The van der Waals surface area contributed by atoms with Gasteiger partial charge in [-0.05, 0) is 29.8 Å². The van der Waals surface area contributed by atoms with Crippen LogP contribution in [0.4, 0.5) is 4.39 Å². The van der Waals surface area contributed by atoms with Gasteiger partial charge in [0, 0.05) is 11.8 Å². The summed E-state index contributed by atoms with van der Waals surface area (Å²) in [6, 6.07) is 14.3. The Hall–Kier alpha value is -1.43. The van der Waals surface area contributed by atoms with Crippen molar-refractivity contribution in [2.24, 2.45) is 5.73 Å². The molecular weight excluding hydrogens is 291 g/mol. The molecule has 0 amide bonds. The number of thiazole rings is 1. The lowest BCUT2D eigenvalue weighted by Gasteiger charge is -2.10. The smallest absolute Gasteiger partial charge is 0.151 e. The summed E-state index contributed by atoms with van der Waals surface area (Å²) in [6.07, 6.45) is 0. The number of rotatable bonds is 4. The number of thioether (sulfide) groups is 1. The van der Waals surface area contributed by atoms with Gasteiger partial charge >= 0.3 is 0 Å². The van der Waals surface area contributed by atoms with Crippen LogP contribution in [-0.4, -0.2) is 10.7 Å². The zero-order chi connectivity index (χ0) is 13.9. The van der Waals surface area contributed by atoms with Gasteiger partial charge < -0.3 is 5.73 Å². The maximum Gasteiger partial charge on any atom is 0.151 e. The molecule has 0 aliphatic carbocycles. The van der Waals surface area contributed by atoms with E-state index in [1.54, 1.807) is 35.2 Å². The molecule has 0 aliphatic heterocycles. The van der Waals surface area contributed by atoms with E-state index < -0.39 is 0 Å². The van der Waals surface area contributed by atoms with Gasteiger partial charge in [0.2, 0.25) is 0 Å². The van der Waals surface area contributed by atoms with Crippen LogP contribution in [0.5, 0.6) is 0 Å². The molecule has 1 heterocycles. The van der Waals surface area contributed by atoms with Gasteiger partial charge in [0.15, 0.2) is 4.34 Å². The minimum Gasteiger partial charge on any atom is -0.323 e. The number of nitrogens with zero attached hydrogens (tertiary/aromatic N) is 1. The molecule has 102 valence electrons. The van der Waals surface area contributed by atoms with Gasteiger partial charge in [-0.1, -0.05) is 36.0 Å². The van der Waals surface area contributed by atoms with Crippen molar-refractivity contribution in [3.05, 3.63) is 59.9 Å². The Morgan fingerprint density at radius 1 is 1.15 bits per heavy atom. The first-order valence-corrected chi connectivity index (χ1v) is 8.02. The molecule has 2 nitrogen and oxygen atoms in total. The van der Waals surface area contributed by atoms with E-state index in [0.29, 0.717) is 0 Å². The molecule has 0 spiro atoms. The fraction of sp³-hybridized carbons (Fsp3) is 0.133. The summed E-state index contributed by atoms with van der Waals surface area (Å²) in [6.45, 7) is 0. The van der Waals surface area contributed by atoms with Crippen molar-refractivity contribution < 1.29 is 4.39 Å². The molecule has 0 saturated carbocycles. The van der Waals surface area contributed by atoms with E-state index in [1.165, 1.54) is 16.8 Å². The lowest BCUT2D eigenvalue weighted by molar-refractivity contribution is 0.626. The van der Waals surface area contributed by atoms with E-state index in [2.05, 4.69) is 11.1 Å². The number of para-hydroxylation sites is 1. The van der Waals surface area contributed by atoms with E-state index >= 15 is 0 Å². The first-order valence-electron chi connectivity index (χ1n) is 6.22. The van der Waals surface area contributed by atoms with Crippen molar-refractivity contribution in [3.63, 3.8) is 0 Å². The normalized spacial score (nSPS) is 12.7. The third-order valence-electron chi connectivity index (χ3n) is 2.96. The summed E-state index contributed by atoms with van der Waals surface area (Å²) < 4.78 is 15.1. The number of benzene rings is 2. The van der Waals surface area contributed by atoms with E-state index in [1.807, 2.05) is 18.2 Å². The second kappa shape index (κ2) is 5.91. The highest BCUT2D eigenvalue weighted by Gasteiger charge is 2.09. The Bertz CT molecular complexity index is 676. The van der Waals surface area contributed by atoms with Crippen LogP contribution in [0.25, 0.3) is 10.2 Å². The minimum absolute atomic E-state index is 0.118. The molecule has 0 bridgehead atoms. The van der Waals surface area contributed by atoms with E-state index in [0.717, 1.165) is 21.2 Å². The van der Waals surface area contributed by atoms with Crippen molar-refractivity contribution in [3.8, 4) is 0 Å². The molecular formula is C15H13FN2S2. The molecule has 0 radical (unpaired) electrons. The molecule has 2 N–H and O–H groups in total. The summed E-state index contributed by atoms with van der Waals surface area (Å²) in [5.41, 5.74) is 8.09. The number of fused-ring (bicyclic) bond motifs is 1. The fourth-order valence-electron chi connectivity index (χ4n) is 1.88. The zero-order valence-electron chi connectivity index (χ0n) is 10.6. The highest BCUT2D eigenvalue weighted by molar-refractivity contribution is 8.01.